The molecule has 0 amide bonds. The molecule has 1 heteroatoms. The average Bonchev–Trinajstić information content (AvgIpc) is 2.51. The first-order valence-corrected chi connectivity index (χ1v) is 6.48. The maximum Gasteiger partial charge on any atom is -0.0184 e. The predicted octanol–water partition coefficient (Wildman–Crippen LogP) is 5.46. The quantitative estimate of drug-likeness (QED) is 0.555. The van der Waals surface area contributed by atoms with Crippen molar-refractivity contribution in [3.8, 4) is 11.1 Å². The lowest BCUT2D eigenvalue weighted by Crippen LogP contribution is -1.73. The Hall–Kier alpha value is -1.99. The Morgan fingerprint density at radius 1 is 0.450 bits per heavy atom. The van der Waals surface area contributed by atoms with Crippen molar-refractivity contribution >= 4 is 13.5 Å². The minimum absolute atomic E-state index is 0. The minimum atomic E-state index is 0. The Labute approximate surface area is 128 Å². The zero-order chi connectivity index (χ0) is 13.3. The van der Waals surface area contributed by atoms with Gasteiger partial charge in [-0.15, -0.1) is 0 Å². The second-order valence-corrected chi connectivity index (χ2v) is 4.39. The molecule has 0 unspecified atom stereocenters. The highest BCUT2D eigenvalue weighted by Gasteiger charge is 1.91. The van der Waals surface area contributed by atoms with E-state index in [1.165, 1.54) is 16.7 Å². The fourth-order valence-electron chi connectivity index (χ4n) is 1.80. The molecule has 0 aliphatic rings. The monoisotopic (exact) mass is 280 g/mol. The third-order valence-electron chi connectivity index (χ3n) is 2.82. The molecule has 0 saturated carbocycles. The van der Waals surface area contributed by atoms with E-state index in [0.29, 0.717) is 0 Å². The molecule has 0 atom stereocenters. The van der Waals surface area contributed by atoms with Crippen molar-refractivity contribution in [2.45, 2.75) is 6.92 Å². The van der Waals surface area contributed by atoms with Crippen LogP contribution in [0.5, 0.6) is 0 Å². The summed E-state index contributed by atoms with van der Waals surface area (Å²) >= 11 is 0. The van der Waals surface area contributed by atoms with E-state index < -0.39 is 0 Å². The van der Waals surface area contributed by atoms with E-state index in [1.54, 1.807) is 0 Å². The summed E-state index contributed by atoms with van der Waals surface area (Å²) in [7, 11) is 0. The summed E-state index contributed by atoms with van der Waals surface area (Å²) in [5, 5.41) is 0. The van der Waals surface area contributed by atoms with Gasteiger partial charge in [0.1, 0.15) is 0 Å². The van der Waals surface area contributed by atoms with E-state index in [-0.39, 0.29) is 13.5 Å². The molecule has 0 N–H and O–H groups in total. The van der Waals surface area contributed by atoms with Crippen LogP contribution in [-0.2, 0) is 0 Å². The maximum atomic E-state index is 2.12. The molecule has 102 valence electrons. The Morgan fingerprint density at radius 3 is 1.00 bits per heavy atom. The molecular weight excluding hydrogens is 260 g/mol. The van der Waals surface area contributed by atoms with Gasteiger partial charge in [-0.25, -0.2) is 0 Å². The predicted molar refractivity (Wildman–Crippen MR) is 93.4 cm³/mol. The summed E-state index contributed by atoms with van der Waals surface area (Å²) in [5.41, 5.74) is 3.87. The lowest BCUT2D eigenvalue weighted by Gasteiger charge is -1.98. The SMILES string of the molecule is Cc1ccccc1.S.c1ccc(-c2ccccc2)cc1. The number of hydrogen-bond donors (Lipinski definition) is 0. The number of aryl methyl sites for hydroxylation is 1. The molecule has 3 rings (SSSR count). The van der Waals surface area contributed by atoms with Crippen molar-refractivity contribution in [2.24, 2.45) is 0 Å². The number of rotatable bonds is 1. The van der Waals surface area contributed by atoms with Gasteiger partial charge < -0.3 is 0 Å². The van der Waals surface area contributed by atoms with Crippen molar-refractivity contribution in [2.75, 3.05) is 0 Å². The van der Waals surface area contributed by atoms with Gasteiger partial charge in [0, 0.05) is 0 Å². The minimum Gasteiger partial charge on any atom is -0.197 e. The van der Waals surface area contributed by atoms with Crippen LogP contribution in [0.1, 0.15) is 5.56 Å². The summed E-state index contributed by atoms with van der Waals surface area (Å²) in [6.45, 7) is 2.08. The van der Waals surface area contributed by atoms with Crippen LogP contribution in [0, 0.1) is 6.92 Å². The lowest BCUT2D eigenvalue weighted by molar-refractivity contribution is 1.48. The Morgan fingerprint density at radius 2 is 0.750 bits per heavy atom. The highest BCUT2D eigenvalue weighted by molar-refractivity contribution is 7.59. The smallest absolute Gasteiger partial charge is 0.0184 e. The first-order valence-electron chi connectivity index (χ1n) is 6.48. The standard InChI is InChI=1S/C12H10.C7H8.H2S/c1-3-7-11(8-4-1)12-9-5-2-6-10-12;1-7-5-3-2-4-6-7;/h1-10H;2-6H,1H3;1H2. The molecule has 0 aromatic heterocycles. The molecule has 0 aliphatic carbocycles. The zero-order valence-electron chi connectivity index (χ0n) is 11.7. The highest BCUT2D eigenvalue weighted by atomic mass is 32.1. The largest absolute Gasteiger partial charge is 0.197 e. The third kappa shape index (κ3) is 5.33. The van der Waals surface area contributed by atoms with Crippen LogP contribution < -0.4 is 0 Å². The summed E-state index contributed by atoms with van der Waals surface area (Å²) in [5.74, 6) is 0. The third-order valence-corrected chi connectivity index (χ3v) is 2.82. The molecule has 0 nitrogen and oxygen atoms in total. The van der Waals surface area contributed by atoms with Crippen LogP contribution in [0.4, 0.5) is 0 Å². The average molecular weight is 280 g/mol. The first-order chi connectivity index (χ1) is 9.36. The summed E-state index contributed by atoms with van der Waals surface area (Å²) in [6.07, 6.45) is 0. The summed E-state index contributed by atoms with van der Waals surface area (Å²) in [4.78, 5) is 0. The van der Waals surface area contributed by atoms with Gasteiger partial charge in [0.15, 0.2) is 0 Å². The fourth-order valence-corrected chi connectivity index (χ4v) is 1.80. The van der Waals surface area contributed by atoms with Gasteiger partial charge in [-0.2, -0.15) is 13.5 Å². The molecule has 0 spiro atoms. The molecule has 0 radical (unpaired) electrons. The van der Waals surface area contributed by atoms with Gasteiger partial charge in [-0.1, -0.05) is 96.6 Å². The van der Waals surface area contributed by atoms with E-state index in [0.717, 1.165) is 0 Å². The van der Waals surface area contributed by atoms with Crippen LogP contribution in [0.15, 0.2) is 91.0 Å². The Bertz CT molecular complexity index is 536. The van der Waals surface area contributed by atoms with Crippen LogP contribution >= 0.6 is 13.5 Å². The van der Waals surface area contributed by atoms with E-state index in [1.807, 2.05) is 30.3 Å². The molecule has 0 saturated heterocycles. The van der Waals surface area contributed by atoms with Gasteiger partial charge in [-0.3, -0.25) is 0 Å². The number of benzene rings is 3. The summed E-state index contributed by atoms with van der Waals surface area (Å²) < 4.78 is 0. The van der Waals surface area contributed by atoms with Crippen molar-refractivity contribution in [3.05, 3.63) is 96.6 Å². The topological polar surface area (TPSA) is 0 Å². The van der Waals surface area contributed by atoms with Crippen molar-refractivity contribution in [1.82, 2.24) is 0 Å². The first kappa shape index (κ1) is 16.1. The molecule has 20 heavy (non-hydrogen) atoms. The van der Waals surface area contributed by atoms with Crippen LogP contribution in [0.25, 0.3) is 11.1 Å². The van der Waals surface area contributed by atoms with Gasteiger partial charge in [-0.05, 0) is 18.1 Å². The molecule has 0 bridgehead atoms. The van der Waals surface area contributed by atoms with E-state index in [9.17, 15) is 0 Å². The Balaban J connectivity index is 0.000000216. The highest BCUT2D eigenvalue weighted by Crippen LogP contribution is 2.17. The van der Waals surface area contributed by atoms with Crippen molar-refractivity contribution in [3.63, 3.8) is 0 Å². The van der Waals surface area contributed by atoms with Crippen LogP contribution in [0.3, 0.4) is 0 Å². The number of hydrogen-bond acceptors (Lipinski definition) is 0. The van der Waals surface area contributed by atoms with E-state index >= 15 is 0 Å². The van der Waals surface area contributed by atoms with Crippen LogP contribution in [0.2, 0.25) is 0 Å². The van der Waals surface area contributed by atoms with E-state index in [4.69, 9.17) is 0 Å². The Kier molecular flexibility index (Phi) is 7.23. The molecular formula is C19H20S. The second-order valence-electron chi connectivity index (χ2n) is 4.39. The summed E-state index contributed by atoms with van der Waals surface area (Å²) in [6, 6.07) is 31.0. The molecule has 3 aromatic rings. The van der Waals surface area contributed by atoms with Crippen molar-refractivity contribution < 1.29 is 0 Å². The van der Waals surface area contributed by atoms with Crippen molar-refractivity contribution in [1.29, 1.82) is 0 Å². The zero-order valence-corrected chi connectivity index (χ0v) is 12.7. The molecule has 0 aliphatic heterocycles. The molecule has 0 heterocycles. The molecule has 0 fully saturated rings. The van der Waals surface area contributed by atoms with Gasteiger partial charge in [0.05, 0.1) is 0 Å². The second kappa shape index (κ2) is 9.00. The normalized spacial score (nSPS) is 8.85. The lowest BCUT2D eigenvalue weighted by atomic mass is 10.1. The maximum absolute atomic E-state index is 2.12. The van der Waals surface area contributed by atoms with E-state index in [2.05, 4.69) is 67.6 Å². The van der Waals surface area contributed by atoms with Gasteiger partial charge >= 0.3 is 0 Å². The molecule has 3 aromatic carbocycles. The fraction of sp³-hybridized carbons (Fsp3) is 0.0526. The van der Waals surface area contributed by atoms with Crippen LogP contribution in [-0.4, -0.2) is 0 Å². The van der Waals surface area contributed by atoms with Gasteiger partial charge in [0.2, 0.25) is 0 Å². The van der Waals surface area contributed by atoms with Gasteiger partial charge in [0.25, 0.3) is 0 Å².